The van der Waals surface area contributed by atoms with Crippen molar-refractivity contribution in [2.45, 2.75) is 18.4 Å². The predicted molar refractivity (Wildman–Crippen MR) is 78.3 cm³/mol. The number of hydrogen-bond donors (Lipinski definition) is 1. The zero-order valence-electron chi connectivity index (χ0n) is 12.3. The molecule has 7 nitrogen and oxygen atoms in total. The van der Waals surface area contributed by atoms with E-state index in [-0.39, 0.29) is 12.1 Å². The van der Waals surface area contributed by atoms with Crippen molar-refractivity contribution >= 4 is 20.7 Å². The fourth-order valence-corrected chi connectivity index (χ4v) is 3.53. The Morgan fingerprint density at radius 1 is 1.17 bits per heavy atom. The van der Waals surface area contributed by atoms with Gasteiger partial charge >= 0.3 is 20.7 Å². The van der Waals surface area contributed by atoms with E-state index in [0.717, 1.165) is 26.1 Å². The molecule has 0 atom stereocenters. The van der Waals surface area contributed by atoms with Crippen LogP contribution in [0.2, 0.25) is 0 Å². The minimum absolute atomic E-state index is 0.257. The zero-order valence-corrected chi connectivity index (χ0v) is 13.9. The van der Waals surface area contributed by atoms with Crippen molar-refractivity contribution in [2.24, 2.45) is 0 Å². The summed E-state index contributed by atoms with van der Waals surface area (Å²) in [4.78, 5) is 1.23. The van der Waals surface area contributed by atoms with Gasteiger partial charge in [-0.3, -0.25) is 4.90 Å². The van der Waals surface area contributed by atoms with E-state index in [9.17, 15) is 24.6 Å². The maximum absolute atomic E-state index is 13.4. The molecule has 1 aliphatic heterocycles. The van der Waals surface area contributed by atoms with E-state index in [2.05, 4.69) is 9.50 Å². The third-order valence-corrected chi connectivity index (χ3v) is 4.77. The zero-order chi connectivity index (χ0) is 17.3. The summed E-state index contributed by atoms with van der Waals surface area (Å²) < 4.78 is 74.1. The molecule has 1 fully saturated rings. The van der Waals surface area contributed by atoms with Crippen molar-refractivity contribution in [1.29, 1.82) is 0 Å². The minimum atomic E-state index is -5.35. The Balaban J connectivity index is 2.43. The Kier molecular flexibility index (Phi) is 5.23. The Bertz CT molecular complexity index is 790. The van der Waals surface area contributed by atoms with Crippen molar-refractivity contribution in [2.75, 3.05) is 26.2 Å². The number of rotatable bonds is 5. The van der Waals surface area contributed by atoms with Crippen LogP contribution in [0.1, 0.15) is 11.1 Å². The summed E-state index contributed by atoms with van der Waals surface area (Å²) in [5.41, 5.74) is 0.00478. The van der Waals surface area contributed by atoms with Crippen LogP contribution in [-0.2, 0) is 27.3 Å². The molecule has 1 aliphatic rings. The highest BCUT2D eigenvalue weighted by molar-refractivity contribution is 7.86. The van der Waals surface area contributed by atoms with Crippen molar-refractivity contribution in [3.05, 3.63) is 23.3 Å². The predicted octanol–water partition coefficient (Wildman–Crippen LogP) is 0.652. The standard InChI is InChI=1S/C12H16F2N2O5S2/c1-9-11(21-23(14,19)20)6-10(7-12(9)22(13,17)18)8-16-4-2-15-3-5-16/h6-7,15H,2-5,8H2,1H3. The number of halogens is 2. The molecule has 0 saturated carbocycles. The number of nitrogens with zero attached hydrogens (tertiary/aromatic N) is 1. The second-order valence-corrected chi connectivity index (χ2v) is 7.43. The second kappa shape index (κ2) is 6.67. The minimum Gasteiger partial charge on any atom is -0.358 e. The van der Waals surface area contributed by atoms with Crippen LogP contribution >= 0.6 is 0 Å². The van der Waals surface area contributed by atoms with E-state index in [1.807, 2.05) is 4.90 Å². The van der Waals surface area contributed by atoms with Gasteiger partial charge in [0.2, 0.25) is 0 Å². The molecule has 130 valence electrons. The number of piperazine rings is 1. The van der Waals surface area contributed by atoms with Crippen molar-refractivity contribution in [1.82, 2.24) is 10.2 Å². The summed E-state index contributed by atoms with van der Waals surface area (Å²) in [5, 5.41) is 3.14. The van der Waals surface area contributed by atoms with Gasteiger partial charge in [0, 0.05) is 38.3 Å². The van der Waals surface area contributed by atoms with Crippen molar-refractivity contribution in [3.63, 3.8) is 0 Å². The van der Waals surface area contributed by atoms with Crippen LogP contribution in [0.3, 0.4) is 0 Å². The molecule has 2 rings (SSSR count). The van der Waals surface area contributed by atoms with Gasteiger partial charge < -0.3 is 9.50 Å². The first-order valence-electron chi connectivity index (χ1n) is 6.71. The third kappa shape index (κ3) is 5.09. The molecule has 0 spiro atoms. The van der Waals surface area contributed by atoms with E-state index < -0.39 is 31.4 Å². The summed E-state index contributed by atoms with van der Waals surface area (Å²) >= 11 is 0. The lowest BCUT2D eigenvalue weighted by Crippen LogP contribution is -2.42. The van der Waals surface area contributed by atoms with Gasteiger partial charge in [-0.2, -0.15) is 16.8 Å². The highest BCUT2D eigenvalue weighted by atomic mass is 32.3. The van der Waals surface area contributed by atoms with Crippen LogP contribution in [0.15, 0.2) is 17.0 Å². The molecular formula is C12H16F2N2O5S2. The summed E-state index contributed by atoms with van der Waals surface area (Å²) in [6.45, 7) is 4.24. The molecule has 0 amide bonds. The van der Waals surface area contributed by atoms with Crippen LogP contribution < -0.4 is 9.50 Å². The molecule has 1 aromatic carbocycles. The number of nitrogens with one attached hydrogen (secondary N) is 1. The van der Waals surface area contributed by atoms with E-state index in [1.165, 1.54) is 6.07 Å². The summed E-state index contributed by atoms with van der Waals surface area (Å²) in [5.74, 6) is -0.545. The largest absolute Gasteiger partial charge is 0.488 e. The number of benzene rings is 1. The van der Waals surface area contributed by atoms with Gasteiger partial charge in [0.1, 0.15) is 10.6 Å². The van der Waals surface area contributed by atoms with Gasteiger partial charge in [-0.05, 0) is 24.6 Å². The molecular weight excluding hydrogens is 354 g/mol. The molecule has 1 aromatic rings. The maximum atomic E-state index is 13.4. The van der Waals surface area contributed by atoms with Crippen molar-refractivity contribution < 1.29 is 28.8 Å². The molecule has 1 N–H and O–H groups in total. The highest BCUT2D eigenvalue weighted by Crippen LogP contribution is 2.30. The lowest BCUT2D eigenvalue weighted by Gasteiger charge is -2.27. The smallest absolute Gasteiger partial charge is 0.358 e. The Morgan fingerprint density at radius 2 is 1.78 bits per heavy atom. The van der Waals surface area contributed by atoms with E-state index in [4.69, 9.17) is 0 Å². The Hall–Kier alpha value is -1.30. The van der Waals surface area contributed by atoms with E-state index in [1.54, 1.807) is 0 Å². The van der Waals surface area contributed by atoms with Crippen LogP contribution in [0.25, 0.3) is 0 Å². The fourth-order valence-electron chi connectivity index (χ4n) is 2.38. The van der Waals surface area contributed by atoms with Crippen LogP contribution in [0.4, 0.5) is 7.77 Å². The Morgan fingerprint density at radius 3 is 2.30 bits per heavy atom. The van der Waals surface area contributed by atoms with Gasteiger partial charge in [-0.15, -0.1) is 3.89 Å². The first-order valence-corrected chi connectivity index (χ1v) is 9.41. The molecule has 0 aromatic heterocycles. The molecule has 1 heterocycles. The van der Waals surface area contributed by atoms with Crippen LogP contribution in [0, 0.1) is 6.92 Å². The molecule has 0 bridgehead atoms. The normalized spacial score (nSPS) is 17.2. The van der Waals surface area contributed by atoms with Crippen molar-refractivity contribution in [3.8, 4) is 5.75 Å². The lowest BCUT2D eigenvalue weighted by molar-refractivity contribution is 0.233. The first kappa shape index (κ1) is 18.0. The van der Waals surface area contributed by atoms with Gasteiger partial charge in [-0.25, -0.2) is 0 Å². The summed E-state index contributed by atoms with van der Waals surface area (Å²) in [6, 6.07) is 2.30. The Labute approximate surface area is 133 Å². The molecule has 0 unspecified atom stereocenters. The quantitative estimate of drug-likeness (QED) is 0.761. The molecule has 23 heavy (non-hydrogen) atoms. The second-order valence-electron chi connectivity index (χ2n) is 5.16. The monoisotopic (exact) mass is 370 g/mol. The van der Waals surface area contributed by atoms with Gasteiger partial charge in [-0.1, -0.05) is 3.89 Å². The summed E-state index contributed by atoms with van der Waals surface area (Å²) in [6.07, 6.45) is 0. The molecule has 0 radical (unpaired) electrons. The van der Waals surface area contributed by atoms with Gasteiger partial charge in [0.25, 0.3) is 0 Å². The fraction of sp³-hybridized carbons (Fsp3) is 0.500. The maximum Gasteiger partial charge on any atom is 0.488 e. The average Bonchev–Trinajstić information content (AvgIpc) is 2.40. The van der Waals surface area contributed by atoms with Crippen LogP contribution in [0.5, 0.6) is 5.75 Å². The van der Waals surface area contributed by atoms with E-state index in [0.29, 0.717) is 18.7 Å². The van der Waals surface area contributed by atoms with E-state index >= 15 is 0 Å². The highest BCUT2D eigenvalue weighted by Gasteiger charge is 2.23. The summed E-state index contributed by atoms with van der Waals surface area (Å²) in [7, 11) is -10.5. The number of hydrogen-bond acceptors (Lipinski definition) is 7. The topological polar surface area (TPSA) is 92.8 Å². The van der Waals surface area contributed by atoms with Crippen LogP contribution in [-0.4, -0.2) is 47.9 Å². The lowest BCUT2D eigenvalue weighted by atomic mass is 10.1. The first-order chi connectivity index (χ1) is 10.6. The van der Waals surface area contributed by atoms with Gasteiger partial charge in [0.15, 0.2) is 0 Å². The molecule has 1 saturated heterocycles. The third-order valence-electron chi connectivity index (χ3n) is 3.44. The molecule has 11 heteroatoms. The van der Waals surface area contributed by atoms with Gasteiger partial charge in [0.05, 0.1) is 0 Å². The average molecular weight is 370 g/mol. The molecule has 0 aliphatic carbocycles. The SMILES string of the molecule is Cc1c(OS(=O)(=O)F)cc(CN2CCNCC2)cc1S(=O)(=O)F.